The maximum atomic E-state index is 15.1. The number of fused-ring (bicyclic) bond motifs is 3. The van der Waals surface area contributed by atoms with Crippen molar-refractivity contribution in [1.29, 1.82) is 0 Å². The number of aliphatic hydroxyl groups excluding tert-OH is 1. The zero-order valence-electron chi connectivity index (χ0n) is 79.1. The average Bonchev–Trinajstić information content (AvgIpc) is 1.62. The van der Waals surface area contributed by atoms with E-state index >= 15 is 4.39 Å². The van der Waals surface area contributed by atoms with Crippen molar-refractivity contribution in [1.82, 2.24) is 84.9 Å². The van der Waals surface area contributed by atoms with Crippen LogP contribution in [0.4, 0.5) is 40.3 Å². The molecule has 36 heteroatoms. The van der Waals surface area contributed by atoms with Gasteiger partial charge in [0.15, 0.2) is 17.2 Å². The van der Waals surface area contributed by atoms with Crippen LogP contribution in [0.3, 0.4) is 0 Å². The average molecular weight is 2000 g/mol. The number of nitrogens with one attached hydrogen (secondary N) is 6. The Hall–Kier alpha value is -14.8. The summed E-state index contributed by atoms with van der Waals surface area (Å²) in [7, 11) is 1.54. The van der Waals surface area contributed by atoms with Crippen LogP contribution < -0.4 is 21.7 Å². The molecule has 734 valence electrons. The number of aromatic nitrogens is 11. The van der Waals surface area contributed by atoms with Crippen molar-refractivity contribution in [2.75, 3.05) is 139 Å². The van der Waals surface area contributed by atoms with Crippen LogP contribution in [0.5, 0.6) is 0 Å². The summed E-state index contributed by atoms with van der Waals surface area (Å²) in [6, 6.07) is 56.8. The molecule has 0 bridgehead atoms. The number of aliphatic hydroxyl groups is 1. The number of carbonyl (C=O) groups is 6. The molecular weight excluding hydrogens is 1890 g/mol. The molecule has 0 saturated carbocycles. The lowest BCUT2D eigenvalue weighted by Gasteiger charge is -2.30. The van der Waals surface area contributed by atoms with Crippen molar-refractivity contribution in [3.05, 3.63) is 294 Å². The predicted molar refractivity (Wildman–Crippen MR) is 556 cm³/mol. The summed E-state index contributed by atoms with van der Waals surface area (Å²) < 4.78 is 60.7. The van der Waals surface area contributed by atoms with Gasteiger partial charge in [-0.1, -0.05) is 78.9 Å². The number of thiazole rings is 1. The molecule has 6 amide bonds. The molecular formula is C108H103F4N21O8S3. The van der Waals surface area contributed by atoms with Crippen LogP contribution in [-0.4, -0.2) is 258 Å². The van der Waals surface area contributed by atoms with Crippen LogP contribution in [0.2, 0.25) is 0 Å². The number of rotatable bonds is 25. The Balaban J connectivity index is 0.000000137. The highest BCUT2D eigenvalue weighted by molar-refractivity contribution is 8.01. The zero-order chi connectivity index (χ0) is 99.8. The van der Waals surface area contributed by atoms with Gasteiger partial charge in [0.1, 0.15) is 43.5 Å². The minimum Gasteiger partial charge on any atom is -0.396 e. The van der Waals surface area contributed by atoms with Crippen molar-refractivity contribution in [2.45, 2.75) is 60.2 Å². The van der Waals surface area contributed by atoms with Gasteiger partial charge in [-0.3, -0.25) is 58.8 Å². The first kappa shape index (κ1) is 98.0. The minimum absolute atomic E-state index is 0.0299. The molecule has 3 saturated heterocycles. The van der Waals surface area contributed by atoms with Crippen molar-refractivity contribution >= 4 is 142 Å². The number of hydrogen-bond donors (Lipinski definition) is 8. The number of nitrogen functional groups attached to an aromatic ring is 1. The number of H-pyrrole nitrogens is 3. The van der Waals surface area contributed by atoms with Crippen LogP contribution in [0, 0.1) is 23.3 Å². The van der Waals surface area contributed by atoms with E-state index in [9.17, 15) is 47.0 Å². The van der Waals surface area contributed by atoms with Gasteiger partial charge >= 0.3 is 0 Å². The molecule has 0 radical (unpaired) electrons. The van der Waals surface area contributed by atoms with Crippen LogP contribution in [-0.2, 0) is 40.1 Å². The number of ether oxygens (including phenoxy) is 1. The molecule has 6 aliphatic heterocycles. The molecule has 29 nitrogen and oxygen atoms in total. The van der Waals surface area contributed by atoms with Gasteiger partial charge in [0.2, 0.25) is 29.5 Å². The lowest BCUT2D eigenvalue weighted by atomic mass is 9.97. The quantitative estimate of drug-likeness (QED) is 0.0195. The Morgan fingerprint density at radius 3 is 1.31 bits per heavy atom. The highest BCUT2D eigenvalue weighted by Crippen LogP contribution is 2.42. The van der Waals surface area contributed by atoms with Crippen molar-refractivity contribution < 1.29 is 56.2 Å². The third-order valence-corrected chi connectivity index (χ3v) is 31.0. The van der Waals surface area contributed by atoms with Crippen LogP contribution in [0.15, 0.2) is 249 Å². The molecule has 0 aliphatic carbocycles. The molecule has 12 heterocycles. The van der Waals surface area contributed by atoms with Gasteiger partial charge in [0, 0.05) is 200 Å². The number of halogens is 4. The van der Waals surface area contributed by atoms with Gasteiger partial charge in [-0.2, -0.15) is 15.3 Å². The van der Waals surface area contributed by atoms with Gasteiger partial charge in [-0.15, -0.1) is 34.9 Å². The van der Waals surface area contributed by atoms with Crippen molar-refractivity contribution in [2.24, 2.45) is 0 Å². The maximum absolute atomic E-state index is 15.1. The van der Waals surface area contributed by atoms with Gasteiger partial charge < -0.3 is 46.2 Å². The fraction of sp³-hybridized carbons (Fsp3) is 0.259. The first-order valence-electron chi connectivity index (χ1n) is 47.3. The molecule has 3 atom stereocenters. The van der Waals surface area contributed by atoms with Gasteiger partial charge in [0.25, 0.3) is 5.91 Å². The van der Waals surface area contributed by atoms with E-state index in [2.05, 4.69) is 125 Å². The number of hydrogen-bond acceptors (Lipinski definition) is 23. The van der Waals surface area contributed by atoms with Crippen LogP contribution >= 0.6 is 34.9 Å². The Morgan fingerprint density at radius 1 is 0.438 bits per heavy atom. The molecule has 15 aromatic rings. The standard InChI is InChI=1S/C37H35F2N7O3S.C36H35FN8O2S.C35H33FN6O3S/c1-50-37(36(49)42-27-5-8-32-29(19-27)34(44-43-32)24-4-7-30(38)26(17-24)21-47)11-16-45(22-37)20-33(48)46-14-9-23(10-15-46)28-6-3-25(18-31(28)39)35-40-12-2-13-41-35;1-48-36(35(47)41-27-8-10-31-28(20-27)33(43-42-31)26-7-9-29(37)30(38)19-26)13-18-44(22-36)21-32(46)45-16-11-24(12-17-45)23-3-5-25(6-4-23)34-39-14-2-15-40-34;1-45-35(34(44)38-28-10-11-30-29(20-28)32(40-39-30)25-6-8-27(36)9-7-25)14-18-41(22-35)21-31(43)42-16-12-24(13-17-42)23-2-4-26(5-3-23)33-37-15-19-46-33/h2-9,12-13,17-19,47H,10-11,14-16,20-22H2,1H3,(H,42,49)(H,43,44);2-11,14-15,19-20H,12-13,16-18,21-22,38H2,1H3,(H,41,47)(H,42,43);2-12,15,19-20H,13-14,16-18,21-22H2,1H3,(H,38,44)(H,39,40)/t37-;36-;35-/m000/s1. The first-order chi connectivity index (χ1) is 70.0. The van der Waals surface area contributed by atoms with E-state index in [0.717, 1.165) is 78.4 Å². The third-order valence-electron chi connectivity index (χ3n) is 27.6. The number of likely N-dealkylation sites (tertiary alicyclic amines) is 3. The number of nitrogens with zero attached hydrogens (tertiary/aromatic N) is 14. The number of thioether (sulfide) groups is 2. The third kappa shape index (κ3) is 21.5. The number of methoxy groups -OCH3 is 1. The Labute approximate surface area is 839 Å². The number of benzene rings is 9. The second-order valence-electron chi connectivity index (χ2n) is 36.3. The summed E-state index contributed by atoms with van der Waals surface area (Å²) in [5.41, 5.74) is 21.9. The maximum Gasteiger partial charge on any atom is 0.258 e. The number of amides is 6. The Kier molecular flexibility index (Phi) is 29.4. The summed E-state index contributed by atoms with van der Waals surface area (Å²) in [6.07, 6.45) is 22.3. The highest BCUT2D eigenvalue weighted by Gasteiger charge is 2.48. The van der Waals surface area contributed by atoms with Gasteiger partial charge in [-0.05, 0) is 212 Å². The summed E-state index contributed by atoms with van der Waals surface area (Å²) in [5.74, 6) is -0.914. The molecule has 0 spiro atoms. The molecule has 144 heavy (non-hydrogen) atoms. The molecule has 0 unspecified atom stereocenters. The van der Waals surface area contributed by atoms with E-state index in [1.54, 1.807) is 108 Å². The molecule has 6 aliphatic rings. The summed E-state index contributed by atoms with van der Waals surface area (Å²) in [4.78, 5) is 114. The summed E-state index contributed by atoms with van der Waals surface area (Å²) >= 11 is 4.61. The SMILES string of the molecule is CO[C@@]1(C(=O)Nc2ccc3[nH]nc(-c4ccc(F)cc4)c3c2)CCN(CC(=O)N2CC=C(c3ccc(-c4nccs4)cc3)CC2)C1.CS[C@@]1(C(=O)Nc2ccc3[nH]nc(-c4ccc(F)c(CO)c4)c3c2)CCN(CC(=O)N2CC=C(c3ccc(-c4ncccn4)cc3F)CC2)C1.CS[C@@]1(C(=O)Nc2ccc3[nH]nc(-c4ccc(F)c(N)c4)c3c2)CCN(CC(=O)N2CC=C(c3ccc(-c4ncccn4)cc3)CC2)C1. The van der Waals surface area contributed by atoms with Crippen molar-refractivity contribution in [3.8, 4) is 67.1 Å². The molecule has 6 aromatic heterocycles. The van der Waals surface area contributed by atoms with Crippen LogP contribution in [0.1, 0.15) is 60.8 Å². The predicted octanol–water partition coefficient (Wildman–Crippen LogP) is 16.8. The summed E-state index contributed by atoms with van der Waals surface area (Å²) in [5, 5.41) is 46.2. The molecule has 3 fully saturated rings. The van der Waals surface area contributed by atoms with E-state index in [1.807, 2.05) is 110 Å². The number of carbonyl (C=O) groups excluding carboxylic acids is 6. The number of nitrogens with two attached hydrogens (primary N) is 1. The molecule has 9 aromatic carbocycles. The Bertz CT molecular complexity index is 7410. The lowest BCUT2D eigenvalue weighted by molar-refractivity contribution is -0.138. The largest absolute Gasteiger partial charge is 0.396 e. The number of anilines is 4. The van der Waals surface area contributed by atoms with Gasteiger partial charge in [0.05, 0.1) is 59.9 Å². The van der Waals surface area contributed by atoms with Crippen LogP contribution in [0.25, 0.3) is 117 Å². The monoisotopic (exact) mass is 1990 g/mol. The lowest BCUT2D eigenvalue weighted by Crippen LogP contribution is -2.48. The van der Waals surface area contributed by atoms with E-state index in [-0.39, 0.29) is 78.0 Å². The van der Waals surface area contributed by atoms with E-state index < -0.39 is 33.3 Å². The smallest absolute Gasteiger partial charge is 0.258 e. The molecule has 21 rings (SSSR count). The van der Waals surface area contributed by atoms with E-state index in [0.29, 0.717) is 172 Å². The summed E-state index contributed by atoms with van der Waals surface area (Å²) in [6.45, 7) is 6.59. The minimum atomic E-state index is -1.08. The second kappa shape index (κ2) is 43.2. The van der Waals surface area contributed by atoms with Crippen molar-refractivity contribution in [3.63, 3.8) is 0 Å². The fourth-order valence-electron chi connectivity index (χ4n) is 19.3. The first-order valence-corrected chi connectivity index (χ1v) is 50.6. The zero-order valence-corrected chi connectivity index (χ0v) is 81.6. The second-order valence-corrected chi connectivity index (χ2v) is 39.6. The normalized spacial score (nSPS) is 18.2. The topological polar surface area (TPSA) is 364 Å². The molecule has 9 N–H and O–H groups in total. The van der Waals surface area contributed by atoms with Gasteiger partial charge in [-0.25, -0.2) is 42.5 Å². The fourth-order valence-corrected chi connectivity index (χ4v) is 21.6. The Morgan fingerprint density at radius 2 is 0.861 bits per heavy atom. The van der Waals surface area contributed by atoms with E-state index in [1.165, 1.54) is 77.7 Å². The number of aromatic amines is 3. The highest BCUT2D eigenvalue weighted by atomic mass is 32.2. The van der Waals surface area contributed by atoms with E-state index in [4.69, 9.17) is 10.5 Å².